The van der Waals surface area contributed by atoms with Crippen molar-refractivity contribution in [2.24, 2.45) is 5.92 Å². The fraction of sp³-hybridized carbons (Fsp3) is 0.312. The normalized spacial score (nSPS) is 19.5. The summed E-state index contributed by atoms with van der Waals surface area (Å²) >= 11 is 1.05. The summed E-state index contributed by atoms with van der Waals surface area (Å²) in [6.07, 6.45) is 0.580. The van der Waals surface area contributed by atoms with Crippen LogP contribution in [0.1, 0.15) is 34.2 Å². The summed E-state index contributed by atoms with van der Waals surface area (Å²) in [5.74, 6) is -0.936. The van der Waals surface area contributed by atoms with E-state index < -0.39 is 15.9 Å². The van der Waals surface area contributed by atoms with Gasteiger partial charge in [0.1, 0.15) is 0 Å². The van der Waals surface area contributed by atoms with Gasteiger partial charge in [0.15, 0.2) is 4.21 Å². The van der Waals surface area contributed by atoms with Crippen molar-refractivity contribution in [2.75, 3.05) is 0 Å². The molecule has 0 spiro atoms. The first kappa shape index (κ1) is 16.6. The highest BCUT2D eigenvalue weighted by Gasteiger charge is 2.45. The molecule has 1 amide bonds. The SMILES string of the molecule is Cc1nc(C)c(S(=O)(=O)NC(=O)[C@H]2C[C@H]2c2cccc(C#N)c2)s1. The lowest BCUT2D eigenvalue weighted by molar-refractivity contribution is -0.120. The monoisotopic (exact) mass is 361 g/mol. The number of thiazole rings is 1. The highest BCUT2D eigenvalue weighted by molar-refractivity contribution is 7.92. The molecule has 2 atom stereocenters. The summed E-state index contributed by atoms with van der Waals surface area (Å²) in [6.45, 7) is 3.33. The molecule has 3 rings (SSSR count). The van der Waals surface area contributed by atoms with E-state index in [2.05, 4.69) is 15.8 Å². The number of nitrogens with zero attached hydrogens (tertiary/aromatic N) is 2. The first-order chi connectivity index (χ1) is 11.3. The maximum Gasteiger partial charge on any atom is 0.275 e. The van der Waals surface area contributed by atoms with Crippen molar-refractivity contribution < 1.29 is 13.2 Å². The number of rotatable bonds is 4. The molecule has 24 heavy (non-hydrogen) atoms. The number of aryl methyl sites for hydroxylation is 2. The first-order valence-electron chi connectivity index (χ1n) is 7.32. The molecule has 1 heterocycles. The number of hydrogen-bond donors (Lipinski definition) is 1. The molecule has 1 aliphatic carbocycles. The van der Waals surface area contributed by atoms with Crippen LogP contribution in [0.2, 0.25) is 0 Å². The van der Waals surface area contributed by atoms with E-state index in [0.717, 1.165) is 16.9 Å². The summed E-state index contributed by atoms with van der Waals surface area (Å²) in [5, 5.41) is 9.57. The highest BCUT2D eigenvalue weighted by Crippen LogP contribution is 2.47. The van der Waals surface area contributed by atoms with Crippen LogP contribution in [0.25, 0.3) is 0 Å². The lowest BCUT2D eigenvalue weighted by Crippen LogP contribution is -2.32. The summed E-state index contributed by atoms with van der Waals surface area (Å²) in [5.41, 5.74) is 1.81. The van der Waals surface area contributed by atoms with E-state index in [-0.39, 0.29) is 16.0 Å². The van der Waals surface area contributed by atoms with Crippen molar-refractivity contribution in [3.05, 3.63) is 46.1 Å². The average Bonchev–Trinajstić information content (AvgIpc) is 3.26. The van der Waals surface area contributed by atoms with E-state index in [1.165, 1.54) is 0 Å². The minimum Gasteiger partial charge on any atom is -0.274 e. The van der Waals surface area contributed by atoms with E-state index in [9.17, 15) is 13.2 Å². The average molecular weight is 361 g/mol. The standard InChI is InChI=1S/C16H15N3O3S2/c1-9-16(23-10(2)18-9)24(21,22)19-15(20)14-7-13(14)12-5-3-4-11(6-12)8-17/h3-6,13-14H,7H2,1-2H3,(H,19,20)/t13-,14-/m0/s1. The van der Waals surface area contributed by atoms with Crippen molar-refractivity contribution in [1.82, 2.24) is 9.71 Å². The van der Waals surface area contributed by atoms with Gasteiger partial charge in [-0.2, -0.15) is 5.26 Å². The van der Waals surface area contributed by atoms with Gasteiger partial charge in [-0.05, 0) is 43.9 Å². The van der Waals surface area contributed by atoms with Gasteiger partial charge in [-0.25, -0.2) is 18.1 Å². The Hall–Kier alpha value is -2.24. The lowest BCUT2D eigenvalue weighted by Gasteiger charge is -2.05. The molecular weight excluding hydrogens is 346 g/mol. The molecule has 8 heteroatoms. The minimum absolute atomic E-state index is 0.0437. The van der Waals surface area contributed by atoms with Crippen LogP contribution in [0.3, 0.4) is 0 Å². The fourth-order valence-electron chi connectivity index (χ4n) is 2.71. The quantitative estimate of drug-likeness (QED) is 0.900. The molecule has 1 aliphatic rings. The lowest BCUT2D eigenvalue weighted by atomic mass is 10.1. The number of carbonyl (C=O) groups is 1. The maximum atomic E-state index is 12.3. The van der Waals surface area contributed by atoms with Crippen molar-refractivity contribution in [1.29, 1.82) is 5.26 Å². The molecule has 1 aromatic heterocycles. The molecule has 0 unspecified atom stereocenters. The van der Waals surface area contributed by atoms with E-state index in [4.69, 9.17) is 5.26 Å². The molecule has 1 saturated carbocycles. The van der Waals surface area contributed by atoms with Gasteiger partial charge in [-0.3, -0.25) is 4.79 Å². The van der Waals surface area contributed by atoms with Crippen LogP contribution in [0.4, 0.5) is 0 Å². The van der Waals surface area contributed by atoms with Crippen molar-refractivity contribution in [2.45, 2.75) is 30.4 Å². The van der Waals surface area contributed by atoms with Crippen molar-refractivity contribution in [3.8, 4) is 6.07 Å². The number of nitrogens with one attached hydrogen (secondary N) is 1. The Morgan fingerprint density at radius 2 is 2.17 bits per heavy atom. The van der Waals surface area contributed by atoms with Gasteiger partial charge in [0.05, 0.1) is 22.3 Å². The summed E-state index contributed by atoms with van der Waals surface area (Å²) in [4.78, 5) is 16.4. The van der Waals surface area contributed by atoms with Crippen LogP contribution in [0.15, 0.2) is 28.5 Å². The van der Waals surface area contributed by atoms with Crippen molar-refractivity contribution >= 4 is 27.3 Å². The summed E-state index contributed by atoms with van der Waals surface area (Å²) < 4.78 is 26.9. The zero-order valence-corrected chi connectivity index (χ0v) is 14.7. The number of amides is 1. The van der Waals surface area contributed by atoms with Gasteiger partial charge < -0.3 is 0 Å². The largest absolute Gasteiger partial charge is 0.275 e. The fourth-order valence-corrected chi connectivity index (χ4v) is 5.22. The van der Waals surface area contributed by atoms with Crippen LogP contribution < -0.4 is 4.72 Å². The summed E-state index contributed by atoms with van der Waals surface area (Å²) in [7, 11) is -3.89. The Balaban J connectivity index is 1.73. The van der Waals surface area contributed by atoms with Crippen LogP contribution in [-0.4, -0.2) is 19.3 Å². The Morgan fingerprint density at radius 3 is 2.79 bits per heavy atom. The van der Waals surface area contributed by atoms with E-state index >= 15 is 0 Å². The van der Waals surface area contributed by atoms with Crippen LogP contribution in [0, 0.1) is 31.1 Å². The van der Waals surface area contributed by atoms with E-state index in [0.29, 0.717) is 22.7 Å². The first-order valence-corrected chi connectivity index (χ1v) is 9.62. The molecule has 2 aromatic rings. The van der Waals surface area contributed by atoms with Gasteiger partial charge in [-0.1, -0.05) is 12.1 Å². The summed E-state index contributed by atoms with van der Waals surface area (Å²) in [6, 6.07) is 9.11. The number of sulfonamides is 1. The minimum atomic E-state index is -3.89. The third kappa shape index (κ3) is 3.18. The molecular formula is C16H15N3O3S2. The van der Waals surface area contributed by atoms with Gasteiger partial charge in [0.2, 0.25) is 5.91 Å². The molecule has 124 valence electrons. The molecule has 0 radical (unpaired) electrons. The van der Waals surface area contributed by atoms with Crippen molar-refractivity contribution in [3.63, 3.8) is 0 Å². The smallest absolute Gasteiger partial charge is 0.274 e. The molecule has 1 aromatic carbocycles. The van der Waals surface area contributed by atoms with Crippen LogP contribution in [0.5, 0.6) is 0 Å². The molecule has 1 N–H and O–H groups in total. The Labute approximate surface area is 144 Å². The predicted octanol–water partition coefficient (Wildman–Crippen LogP) is 2.24. The van der Waals surface area contributed by atoms with E-state index in [1.807, 2.05) is 6.07 Å². The predicted molar refractivity (Wildman–Crippen MR) is 88.9 cm³/mol. The third-order valence-corrected chi connectivity index (χ3v) is 6.94. The topological polar surface area (TPSA) is 99.9 Å². The van der Waals surface area contributed by atoms with Gasteiger partial charge >= 0.3 is 0 Å². The number of nitriles is 1. The zero-order valence-electron chi connectivity index (χ0n) is 13.1. The second-order valence-corrected chi connectivity index (χ2v) is 8.84. The molecule has 0 aliphatic heterocycles. The Bertz CT molecular complexity index is 957. The third-order valence-electron chi connectivity index (χ3n) is 3.91. The molecule has 0 saturated heterocycles. The van der Waals surface area contributed by atoms with Gasteiger partial charge in [-0.15, -0.1) is 11.3 Å². The Morgan fingerprint density at radius 1 is 1.42 bits per heavy atom. The number of aromatic nitrogens is 1. The van der Waals surface area contributed by atoms with Crippen LogP contribution >= 0.6 is 11.3 Å². The molecule has 6 nitrogen and oxygen atoms in total. The van der Waals surface area contributed by atoms with E-state index in [1.54, 1.807) is 32.0 Å². The number of hydrogen-bond acceptors (Lipinski definition) is 6. The number of carbonyl (C=O) groups excluding carboxylic acids is 1. The second-order valence-electron chi connectivity index (χ2n) is 5.76. The highest BCUT2D eigenvalue weighted by atomic mass is 32.2. The second kappa shape index (κ2) is 6.00. The van der Waals surface area contributed by atoms with Gasteiger partial charge in [0.25, 0.3) is 10.0 Å². The zero-order chi connectivity index (χ0) is 17.5. The molecule has 1 fully saturated rings. The number of benzene rings is 1. The van der Waals surface area contributed by atoms with Crippen LogP contribution in [-0.2, 0) is 14.8 Å². The maximum absolute atomic E-state index is 12.3. The Kier molecular flexibility index (Phi) is 4.15. The van der Waals surface area contributed by atoms with Gasteiger partial charge in [0, 0.05) is 5.92 Å². The molecule has 0 bridgehead atoms.